The molecule has 1 N–H and O–H groups in total. The highest BCUT2D eigenvalue weighted by Crippen LogP contribution is 2.21. The fraction of sp³-hybridized carbons (Fsp3) is 0.526. The minimum absolute atomic E-state index is 0.0787. The molecule has 0 radical (unpaired) electrons. The summed E-state index contributed by atoms with van der Waals surface area (Å²) in [6.45, 7) is 0.708. The molecule has 1 amide bonds. The van der Waals surface area contributed by atoms with Gasteiger partial charge in [-0.3, -0.25) is 4.79 Å². The molecule has 1 saturated heterocycles. The summed E-state index contributed by atoms with van der Waals surface area (Å²) in [6, 6.07) is 9.97. The van der Waals surface area contributed by atoms with Gasteiger partial charge < -0.3 is 14.6 Å². The van der Waals surface area contributed by atoms with Gasteiger partial charge >= 0.3 is 0 Å². The average molecular weight is 349 g/mol. The molecule has 1 aromatic rings. The third-order valence-corrected chi connectivity index (χ3v) is 5.16. The molecule has 1 aliphatic rings. The molecule has 0 aliphatic carbocycles. The summed E-state index contributed by atoms with van der Waals surface area (Å²) in [5.41, 5.74) is 1.10. The number of benzene rings is 1. The number of aliphatic hydroxyl groups excluding tert-OH is 1. The second-order valence-electron chi connectivity index (χ2n) is 6.32. The molecule has 132 valence electrons. The van der Waals surface area contributed by atoms with Crippen molar-refractivity contribution in [3.8, 4) is 0 Å². The molecule has 0 saturated carbocycles. The Morgan fingerprint density at radius 1 is 1.38 bits per heavy atom. The van der Waals surface area contributed by atoms with Crippen molar-refractivity contribution < 1.29 is 14.5 Å². The van der Waals surface area contributed by atoms with Gasteiger partial charge in [-0.2, -0.15) is 0 Å². The van der Waals surface area contributed by atoms with Gasteiger partial charge in [0.1, 0.15) is 5.75 Å². The lowest BCUT2D eigenvalue weighted by molar-refractivity contribution is -0.128. The predicted octanol–water partition coefficient (Wildman–Crippen LogP) is 2.30. The number of carbonyl (C=O) groups excluding carboxylic acids is 1. The van der Waals surface area contributed by atoms with E-state index in [1.54, 1.807) is 6.26 Å². The van der Waals surface area contributed by atoms with Crippen molar-refractivity contribution in [1.82, 2.24) is 4.90 Å². The van der Waals surface area contributed by atoms with E-state index in [1.807, 2.05) is 47.4 Å². The highest BCUT2D eigenvalue weighted by atomic mass is 32.2. The van der Waals surface area contributed by atoms with Crippen molar-refractivity contribution >= 4 is 17.1 Å². The van der Waals surface area contributed by atoms with E-state index < -0.39 is 17.3 Å². The Bertz CT molecular complexity index is 533. The summed E-state index contributed by atoms with van der Waals surface area (Å²) < 4.78 is 11.1. The Kier molecular flexibility index (Phi) is 7.82. The number of amides is 1. The molecule has 1 fully saturated rings. The van der Waals surface area contributed by atoms with Gasteiger partial charge in [0.15, 0.2) is 0 Å². The normalized spacial score (nSPS) is 20.7. The Hall–Kier alpha value is -1.30. The van der Waals surface area contributed by atoms with Crippen LogP contribution in [0.4, 0.5) is 0 Å². The van der Waals surface area contributed by atoms with Crippen LogP contribution >= 0.6 is 0 Å². The van der Waals surface area contributed by atoms with Crippen LogP contribution in [0, 0.1) is 0 Å². The molecule has 3 atom stereocenters. The lowest BCUT2D eigenvalue weighted by atomic mass is 10.1. The molecule has 0 spiro atoms. The first-order valence-electron chi connectivity index (χ1n) is 8.56. The fourth-order valence-electron chi connectivity index (χ4n) is 3.01. The highest BCUT2D eigenvalue weighted by Gasteiger charge is 2.28. The molecule has 1 heterocycles. The minimum Gasteiger partial charge on any atom is -0.617 e. The first kappa shape index (κ1) is 19.0. The molecule has 0 bridgehead atoms. The van der Waals surface area contributed by atoms with E-state index in [1.165, 1.54) is 0 Å². The zero-order valence-corrected chi connectivity index (χ0v) is 15.1. The van der Waals surface area contributed by atoms with Crippen molar-refractivity contribution in [3.05, 3.63) is 48.0 Å². The van der Waals surface area contributed by atoms with Crippen molar-refractivity contribution in [1.29, 1.82) is 0 Å². The third kappa shape index (κ3) is 6.30. The van der Waals surface area contributed by atoms with Crippen LogP contribution in [-0.2, 0) is 22.4 Å². The van der Waals surface area contributed by atoms with E-state index in [-0.39, 0.29) is 11.9 Å². The maximum absolute atomic E-state index is 12.0. The van der Waals surface area contributed by atoms with Gasteiger partial charge in [-0.05, 0) is 24.8 Å². The molecule has 2 rings (SSSR count). The maximum atomic E-state index is 12.0. The predicted molar refractivity (Wildman–Crippen MR) is 98.2 cm³/mol. The van der Waals surface area contributed by atoms with Gasteiger partial charge in [0.25, 0.3) is 0 Å². The monoisotopic (exact) mass is 349 g/mol. The minimum atomic E-state index is -0.766. The number of nitrogens with zero attached hydrogens (tertiary/aromatic N) is 1. The third-order valence-electron chi connectivity index (χ3n) is 4.30. The van der Waals surface area contributed by atoms with Crippen LogP contribution in [0.3, 0.4) is 0 Å². The standard InChI is InChI=1S/C19H27NO3S/c1-24(23)14-6-5-13-20-17(10-12-19(20)22)9-11-18(21)15-16-7-3-2-4-8-16/h2-4,7-9,11,17-18,21H,5-6,10,12-15H2,1H3/b11-9+/t17-,18?,24?/m0/s1. The van der Waals surface area contributed by atoms with Crippen molar-refractivity contribution in [2.24, 2.45) is 0 Å². The Morgan fingerprint density at radius 2 is 2.12 bits per heavy atom. The second-order valence-corrected chi connectivity index (χ2v) is 7.87. The topological polar surface area (TPSA) is 63.6 Å². The summed E-state index contributed by atoms with van der Waals surface area (Å²) in [5, 5.41) is 10.2. The van der Waals surface area contributed by atoms with Crippen molar-refractivity contribution in [2.45, 2.75) is 44.2 Å². The Balaban J connectivity index is 1.81. The van der Waals surface area contributed by atoms with Gasteiger partial charge in [-0.15, -0.1) is 0 Å². The quantitative estimate of drug-likeness (QED) is 0.423. The van der Waals surface area contributed by atoms with E-state index in [4.69, 9.17) is 0 Å². The maximum Gasteiger partial charge on any atom is 0.223 e. The van der Waals surface area contributed by atoms with Crippen LogP contribution in [0.25, 0.3) is 0 Å². The van der Waals surface area contributed by atoms with Crippen molar-refractivity contribution in [2.75, 3.05) is 18.6 Å². The molecule has 4 nitrogen and oxygen atoms in total. The van der Waals surface area contributed by atoms with Gasteiger partial charge in [0.05, 0.1) is 18.4 Å². The largest absolute Gasteiger partial charge is 0.617 e. The van der Waals surface area contributed by atoms with Crippen LogP contribution in [0.15, 0.2) is 42.5 Å². The molecular formula is C19H27NO3S. The molecule has 1 aromatic carbocycles. The van der Waals surface area contributed by atoms with Crippen LogP contribution < -0.4 is 0 Å². The number of rotatable bonds is 9. The fourth-order valence-corrected chi connectivity index (χ4v) is 3.62. The first-order chi connectivity index (χ1) is 11.6. The number of unbranched alkanes of at least 4 members (excludes halogenated alkanes) is 1. The van der Waals surface area contributed by atoms with Gasteiger partial charge in [-0.25, -0.2) is 0 Å². The number of likely N-dealkylation sites (tertiary alicyclic amines) is 1. The lowest BCUT2D eigenvalue weighted by Gasteiger charge is -2.22. The lowest BCUT2D eigenvalue weighted by Crippen LogP contribution is -2.33. The molecular weight excluding hydrogens is 322 g/mol. The second kappa shape index (κ2) is 9.87. The number of aliphatic hydroxyl groups is 1. The van der Waals surface area contributed by atoms with E-state index in [0.29, 0.717) is 25.1 Å². The van der Waals surface area contributed by atoms with Crippen LogP contribution in [-0.4, -0.2) is 51.2 Å². The van der Waals surface area contributed by atoms with E-state index in [2.05, 4.69) is 0 Å². The number of hydrogen-bond acceptors (Lipinski definition) is 3. The summed E-state index contributed by atoms with van der Waals surface area (Å²) in [6.07, 6.45) is 8.67. The summed E-state index contributed by atoms with van der Waals surface area (Å²) >= 11 is -0.766. The highest BCUT2D eigenvalue weighted by molar-refractivity contribution is 7.90. The average Bonchev–Trinajstić information content (AvgIpc) is 2.90. The van der Waals surface area contributed by atoms with Gasteiger partial charge in [-0.1, -0.05) is 53.7 Å². The Morgan fingerprint density at radius 3 is 2.83 bits per heavy atom. The molecule has 1 aliphatic heterocycles. The summed E-state index contributed by atoms with van der Waals surface area (Å²) in [4.78, 5) is 13.9. The van der Waals surface area contributed by atoms with E-state index in [9.17, 15) is 14.5 Å². The zero-order chi connectivity index (χ0) is 17.4. The van der Waals surface area contributed by atoms with Gasteiger partial charge in [0.2, 0.25) is 5.91 Å². The summed E-state index contributed by atoms with van der Waals surface area (Å²) in [5.74, 6) is 0.873. The zero-order valence-electron chi connectivity index (χ0n) is 14.3. The van der Waals surface area contributed by atoms with Crippen LogP contribution in [0.5, 0.6) is 0 Å². The van der Waals surface area contributed by atoms with E-state index >= 15 is 0 Å². The Labute approximate surface area is 147 Å². The SMILES string of the molecule is C[S+]([O-])CCCCN1C(=O)CC[C@@H]1/C=C/C(O)Cc1ccccc1. The number of hydrogen-bond donors (Lipinski definition) is 1. The molecule has 5 heteroatoms. The van der Waals surface area contributed by atoms with Crippen LogP contribution in [0.1, 0.15) is 31.2 Å². The molecule has 2 unspecified atom stereocenters. The smallest absolute Gasteiger partial charge is 0.223 e. The number of carbonyl (C=O) groups is 1. The van der Waals surface area contributed by atoms with E-state index in [0.717, 1.165) is 24.8 Å². The molecule has 24 heavy (non-hydrogen) atoms. The van der Waals surface area contributed by atoms with Crippen LogP contribution in [0.2, 0.25) is 0 Å². The summed E-state index contributed by atoms with van der Waals surface area (Å²) in [7, 11) is 0. The van der Waals surface area contributed by atoms with Gasteiger partial charge in [0, 0.05) is 19.4 Å². The molecule has 0 aromatic heterocycles. The first-order valence-corrected chi connectivity index (χ1v) is 10.3. The van der Waals surface area contributed by atoms with Crippen molar-refractivity contribution in [3.63, 3.8) is 0 Å².